The van der Waals surface area contributed by atoms with E-state index < -0.39 is 0 Å². The molecule has 0 N–H and O–H groups in total. The third-order valence-electron chi connectivity index (χ3n) is 7.05. The molecule has 6 heteroatoms. The lowest BCUT2D eigenvalue weighted by molar-refractivity contribution is -0.119. The summed E-state index contributed by atoms with van der Waals surface area (Å²) in [6.45, 7) is 2.91. The zero-order valence-electron chi connectivity index (χ0n) is 20.9. The number of likely N-dealkylation sites (N-methyl/N-ethyl adjacent to an activating group) is 1. The van der Waals surface area contributed by atoms with E-state index in [9.17, 15) is 9.59 Å². The first-order chi connectivity index (χ1) is 17.5. The van der Waals surface area contributed by atoms with E-state index in [1.807, 2.05) is 76.2 Å². The van der Waals surface area contributed by atoms with Crippen molar-refractivity contribution in [1.82, 2.24) is 9.55 Å². The molecule has 2 amide bonds. The second-order valence-electron chi connectivity index (χ2n) is 9.51. The summed E-state index contributed by atoms with van der Waals surface area (Å²) in [5.74, 6) is 0.767. The number of anilines is 2. The summed E-state index contributed by atoms with van der Waals surface area (Å²) in [6.07, 6.45) is 3.77. The summed E-state index contributed by atoms with van der Waals surface area (Å²) in [5, 5.41) is 0. The molecular weight excluding hydrogens is 448 g/mol. The largest absolute Gasteiger partial charge is 0.318 e. The van der Waals surface area contributed by atoms with E-state index in [1.54, 1.807) is 11.9 Å². The normalized spacial score (nSPS) is 15.6. The van der Waals surface area contributed by atoms with E-state index in [1.165, 1.54) is 18.4 Å². The highest BCUT2D eigenvalue weighted by atomic mass is 16.2. The second kappa shape index (κ2) is 10.4. The van der Waals surface area contributed by atoms with Crippen LogP contribution in [0.2, 0.25) is 0 Å². The second-order valence-corrected chi connectivity index (χ2v) is 9.51. The third kappa shape index (κ3) is 4.76. The Morgan fingerprint density at radius 3 is 2.47 bits per heavy atom. The van der Waals surface area contributed by atoms with E-state index in [4.69, 9.17) is 4.98 Å². The molecule has 1 aliphatic heterocycles. The molecule has 0 aliphatic carbocycles. The van der Waals surface area contributed by atoms with Crippen molar-refractivity contribution in [1.29, 1.82) is 0 Å². The summed E-state index contributed by atoms with van der Waals surface area (Å²) in [7, 11) is 1.79. The standard InChI is InChI=1S/C30H32N4O2/c1-3-4-10-22-15-17-25(18-16-22)33-20-23(19-28(33)35)30-31-26-13-8-9-14-27(26)34(30)21-29(36)32(2)24-11-6-5-7-12-24/h5-9,11-18,23H,3-4,10,19-21H2,1-2H3/t23-/m1/s1. The number of aryl methyl sites for hydroxylation is 1. The van der Waals surface area contributed by atoms with E-state index in [-0.39, 0.29) is 24.3 Å². The molecule has 1 atom stereocenters. The summed E-state index contributed by atoms with van der Waals surface area (Å²) in [4.78, 5) is 34.8. The number of imidazole rings is 1. The first kappa shape index (κ1) is 23.8. The molecule has 0 bridgehead atoms. The Labute approximate surface area is 212 Å². The molecule has 1 fully saturated rings. The highest BCUT2D eigenvalue weighted by Crippen LogP contribution is 2.33. The van der Waals surface area contributed by atoms with Gasteiger partial charge in [0.2, 0.25) is 11.8 Å². The summed E-state index contributed by atoms with van der Waals surface area (Å²) < 4.78 is 1.99. The van der Waals surface area contributed by atoms with E-state index >= 15 is 0 Å². The van der Waals surface area contributed by atoms with Crippen molar-refractivity contribution in [2.45, 2.75) is 45.1 Å². The number of para-hydroxylation sites is 3. The maximum absolute atomic E-state index is 13.3. The third-order valence-corrected chi connectivity index (χ3v) is 7.05. The minimum atomic E-state index is -0.0838. The number of nitrogens with zero attached hydrogens (tertiary/aromatic N) is 4. The molecule has 0 unspecified atom stereocenters. The van der Waals surface area contributed by atoms with Gasteiger partial charge in [0.05, 0.1) is 11.0 Å². The summed E-state index contributed by atoms with van der Waals surface area (Å²) in [6, 6.07) is 25.8. The molecule has 1 aliphatic rings. The molecule has 4 aromatic rings. The van der Waals surface area contributed by atoms with Crippen LogP contribution in [-0.2, 0) is 22.6 Å². The van der Waals surface area contributed by atoms with Gasteiger partial charge in [-0.1, -0.05) is 55.8 Å². The number of amides is 2. The Bertz CT molecular complexity index is 1360. The van der Waals surface area contributed by atoms with Gasteiger partial charge in [-0.15, -0.1) is 0 Å². The average molecular weight is 481 g/mol. The fourth-order valence-electron chi connectivity index (χ4n) is 4.96. The van der Waals surface area contributed by atoms with Gasteiger partial charge in [0.1, 0.15) is 12.4 Å². The molecule has 1 aromatic heterocycles. The van der Waals surface area contributed by atoms with Gasteiger partial charge < -0.3 is 14.4 Å². The van der Waals surface area contributed by atoms with Crippen molar-refractivity contribution >= 4 is 34.2 Å². The van der Waals surface area contributed by atoms with Gasteiger partial charge in [0, 0.05) is 37.3 Å². The number of carbonyl (C=O) groups is 2. The fourth-order valence-corrected chi connectivity index (χ4v) is 4.96. The van der Waals surface area contributed by atoms with Crippen LogP contribution >= 0.6 is 0 Å². The molecule has 0 spiro atoms. The van der Waals surface area contributed by atoms with Gasteiger partial charge in [0.15, 0.2) is 0 Å². The quantitative estimate of drug-likeness (QED) is 0.332. The average Bonchev–Trinajstić information content (AvgIpc) is 3.48. The maximum atomic E-state index is 13.3. The van der Waals surface area contributed by atoms with Crippen LogP contribution in [0.15, 0.2) is 78.9 Å². The Morgan fingerprint density at radius 1 is 1.00 bits per heavy atom. The van der Waals surface area contributed by atoms with Crippen LogP contribution < -0.4 is 9.80 Å². The van der Waals surface area contributed by atoms with Crippen molar-refractivity contribution in [3.8, 4) is 0 Å². The first-order valence-corrected chi connectivity index (χ1v) is 12.7. The van der Waals surface area contributed by atoms with Gasteiger partial charge in [-0.3, -0.25) is 9.59 Å². The van der Waals surface area contributed by atoms with Crippen LogP contribution in [0.4, 0.5) is 11.4 Å². The van der Waals surface area contributed by atoms with Crippen LogP contribution in [0, 0.1) is 0 Å². The van der Waals surface area contributed by atoms with Gasteiger partial charge in [-0.05, 0) is 54.8 Å². The molecule has 0 saturated carbocycles. The number of hydrogen-bond acceptors (Lipinski definition) is 3. The fraction of sp³-hybridized carbons (Fsp3) is 0.300. The molecule has 1 saturated heterocycles. The molecule has 5 rings (SSSR count). The van der Waals surface area contributed by atoms with Crippen LogP contribution in [-0.4, -0.2) is 35.0 Å². The summed E-state index contributed by atoms with van der Waals surface area (Å²) in [5.41, 5.74) is 4.82. The van der Waals surface area contributed by atoms with E-state index in [2.05, 4.69) is 19.1 Å². The molecular formula is C30H32N4O2. The van der Waals surface area contributed by atoms with Crippen molar-refractivity contribution in [3.63, 3.8) is 0 Å². The van der Waals surface area contributed by atoms with E-state index in [0.717, 1.165) is 34.7 Å². The first-order valence-electron chi connectivity index (χ1n) is 12.7. The minimum absolute atomic E-state index is 0.0329. The number of hydrogen-bond donors (Lipinski definition) is 0. The Hall–Kier alpha value is -3.93. The number of rotatable bonds is 8. The predicted octanol–water partition coefficient (Wildman–Crippen LogP) is 5.56. The number of fused-ring (bicyclic) bond motifs is 1. The zero-order chi connectivity index (χ0) is 25.1. The van der Waals surface area contributed by atoms with Crippen molar-refractivity contribution in [2.24, 2.45) is 0 Å². The molecule has 6 nitrogen and oxygen atoms in total. The van der Waals surface area contributed by atoms with Gasteiger partial charge >= 0.3 is 0 Å². The molecule has 2 heterocycles. The number of carbonyl (C=O) groups excluding carboxylic acids is 2. The smallest absolute Gasteiger partial charge is 0.246 e. The zero-order valence-corrected chi connectivity index (χ0v) is 20.9. The molecule has 184 valence electrons. The Morgan fingerprint density at radius 2 is 1.72 bits per heavy atom. The highest BCUT2D eigenvalue weighted by molar-refractivity contribution is 5.97. The van der Waals surface area contributed by atoms with Crippen molar-refractivity contribution in [3.05, 3.63) is 90.3 Å². The lowest BCUT2D eigenvalue weighted by Gasteiger charge is -2.20. The number of benzene rings is 3. The number of aromatic nitrogens is 2. The van der Waals surface area contributed by atoms with Gasteiger partial charge in [-0.25, -0.2) is 4.98 Å². The van der Waals surface area contributed by atoms with Crippen LogP contribution in [0.5, 0.6) is 0 Å². The van der Waals surface area contributed by atoms with E-state index in [0.29, 0.717) is 13.0 Å². The monoisotopic (exact) mass is 480 g/mol. The Balaban J connectivity index is 1.40. The molecule has 3 aromatic carbocycles. The predicted molar refractivity (Wildman–Crippen MR) is 144 cm³/mol. The van der Waals surface area contributed by atoms with Crippen LogP contribution in [0.3, 0.4) is 0 Å². The highest BCUT2D eigenvalue weighted by Gasteiger charge is 2.35. The van der Waals surface area contributed by atoms with Crippen molar-refractivity contribution in [2.75, 3.05) is 23.4 Å². The van der Waals surface area contributed by atoms with Gasteiger partial charge in [0.25, 0.3) is 0 Å². The van der Waals surface area contributed by atoms with Crippen LogP contribution in [0.25, 0.3) is 11.0 Å². The molecule has 0 radical (unpaired) electrons. The number of unbranched alkanes of at least 4 members (excludes halogenated alkanes) is 1. The topological polar surface area (TPSA) is 58.4 Å². The minimum Gasteiger partial charge on any atom is -0.318 e. The Kier molecular flexibility index (Phi) is 6.85. The molecule has 36 heavy (non-hydrogen) atoms. The lowest BCUT2D eigenvalue weighted by atomic mass is 10.1. The SMILES string of the molecule is CCCCc1ccc(N2C[C@H](c3nc4ccccc4n3CC(=O)N(C)c3ccccc3)CC2=O)cc1. The lowest BCUT2D eigenvalue weighted by Crippen LogP contribution is -2.31. The maximum Gasteiger partial charge on any atom is 0.246 e. The van der Waals surface area contributed by atoms with Crippen LogP contribution in [0.1, 0.15) is 43.5 Å². The van der Waals surface area contributed by atoms with Gasteiger partial charge in [-0.2, -0.15) is 0 Å². The van der Waals surface area contributed by atoms with Crippen molar-refractivity contribution < 1.29 is 9.59 Å². The summed E-state index contributed by atoms with van der Waals surface area (Å²) >= 11 is 0.